The van der Waals surface area contributed by atoms with Crippen molar-refractivity contribution in [3.05, 3.63) is 52.6 Å². The molecule has 4 heteroatoms. The molecule has 2 aromatic heterocycles. The zero-order valence-corrected chi connectivity index (χ0v) is 7.71. The summed E-state index contributed by atoms with van der Waals surface area (Å²) in [5, 5.41) is 3.99. The molecule has 2 aromatic rings. The molecular formula is C10H9N3O. The quantitative estimate of drug-likeness (QED) is 0.667. The van der Waals surface area contributed by atoms with Gasteiger partial charge in [0, 0.05) is 12.3 Å². The molecule has 14 heavy (non-hydrogen) atoms. The van der Waals surface area contributed by atoms with Crippen LogP contribution in [0.5, 0.6) is 0 Å². The number of aryl methyl sites for hydroxylation is 1. The summed E-state index contributed by atoms with van der Waals surface area (Å²) in [4.78, 5) is 15.5. The van der Waals surface area contributed by atoms with Crippen LogP contribution in [0.3, 0.4) is 0 Å². The largest absolute Gasteiger partial charge is 0.273 e. The summed E-state index contributed by atoms with van der Waals surface area (Å²) < 4.78 is 1.27. The molecule has 0 aromatic carbocycles. The molecule has 2 heterocycles. The first-order valence-corrected chi connectivity index (χ1v) is 4.25. The molecule has 0 atom stereocenters. The summed E-state index contributed by atoms with van der Waals surface area (Å²) in [5.74, 6) is 0.539. The van der Waals surface area contributed by atoms with E-state index < -0.39 is 0 Å². The van der Waals surface area contributed by atoms with Crippen molar-refractivity contribution in [2.24, 2.45) is 0 Å². The number of rotatable bonds is 1. The van der Waals surface area contributed by atoms with Crippen molar-refractivity contribution >= 4 is 0 Å². The van der Waals surface area contributed by atoms with E-state index in [0.29, 0.717) is 5.82 Å². The molecule has 0 saturated carbocycles. The highest BCUT2D eigenvalue weighted by Crippen LogP contribution is 1.97. The summed E-state index contributed by atoms with van der Waals surface area (Å²) in [6.07, 6.45) is 3.26. The van der Waals surface area contributed by atoms with Crippen LogP contribution in [0.1, 0.15) is 5.56 Å². The van der Waals surface area contributed by atoms with Crippen molar-refractivity contribution in [3.8, 4) is 5.82 Å². The minimum absolute atomic E-state index is 0.163. The van der Waals surface area contributed by atoms with E-state index in [1.165, 1.54) is 10.7 Å². The third-order valence-electron chi connectivity index (χ3n) is 1.80. The molecule has 0 bridgehead atoms. The molecule has 0 fully saturated rings. The van der Waals surface area contributed by atoms with Gasteiger partial charge in [0.1, 0.15) is 0 Å². The Balaban J connectivity index is 2.59. The van der Waals surface area contributed by atoms with Gasteiger partial charge in [-0.25, -0.2) is 4.98 Å². The topological polar surface area (TPSA) is 47.8 Å². The molecule has 0 saturated heterocycles. The van der Waals surface area contributed by atoms with Gasteiger partial charge in [-0.3, -0.25) is 4.79 Å². The van der Waals surface area contributed by atoms with Crippen molar-refractivity contribution in [1.29, 1.82) is 0 Å². The minimum atomic E-state index is -0.163. The first kappa shape index (κ1) is 8.62. The van der Waals surface area contributed by atoms with Crippen molar-refractivity contribution in [1.82, 2.24) is 14.8 Å². The Morgan fingerprint density at radius 1 is 1.36 bits per heavy atom. The Labute approximate surface area is 80.9 Å². The molecule has 0 aliphatic heterocycles. The standard InChI is InChI=1S/C10H9N3O/c1-8-6-10(14)13(12-7-8)9-4-2-3-5-11-9/h2-7H,1H3. The summed E-state index contributed by atoms with van der Waals surface area (Å²) in [6, 6.07) is 6.88. The molecule has 4 nitrogen and oxygen atoms in total. The van der Waals surface area contributed by atoms with Gasteiger partial charge < -0.3 is 0 Å². The fourth-order valence-corrected chi connectivity index (χ4v) is 1.15. The Kier molecular flexibility index (Phi) is 2.10. The van der Waals surface area contributed by atoms with Crippen LogP contribution in [-0.4, -0.2) is 14.8 Å². The lowest BCUT2D eigenvalue weighted by Crippen LogP contribution is -2.20. The number of nitrogens with zero attached hydrogens (tertiary/aromatic N) is 3. The molecule has 0 aliphatic carbocycles. The molecule has 0 radical (unpaired) electrons. The van der Waals surface area contributed by atoms with Crippen molar-refractivity contribution in [2.75, 3.05) is 0 Å². The number of aromatic nitrogens is 3. The lowest BCUT2D eigenvalue weighted by Gasteiger charge is -2.01. The van der Waals surface area contributed by atoms with Gasteiger partial charge in [0.2, 0.25) is 0 Å². The fraction of sp³-hybridized carbons (Fsp3) is 0.100. The number of hydrogen-bond donors (Lipinski definition) is 0. The van der Waals surface area contributed by atoms with Crippen LogP contribution >= 0.6 is 0 Å². The van der Waals surface area contributed by atoms with Gasteiger partial charge in [0.15, 0.2) is 5.82 Å². The highest BCUT2D eigenvalue weighted by molar-refractivity contribution is 5.20. The van der Waals surface area contributed by atoms with E-state index in [1.54, 1.807) is 24.5 Å². The predicted octanol–water partition coefficient (Wildman–Crippen LogP) is 0.936. The summed E-state index contributed by atoms with van der Waals surface area (Å²) in [6.45, 7) is 1.83. The monoisotopic (exact) mass is 187 g/mol. The molecular weight excluding hydrogens is 178 g/mol. The molecule has 2 rings (SSSR count). The van der Waals surface area contributed by atoms with E-state index in [-0.39, 0.29) is 5.56 Å². The average Bonchev–Trinajstić information content (AvgIpc) is 2.19. The van der Waals surface area contributed by atoms with Crippen LogP contribution in [0, 0.1) is 6.92 Å². The summed E-state index contributed by atoms with van der Waals surface area (Å²) >= 11 is 0. The summed E-state index contributed by atoms with van der Waals surface area (Å²) in [5.41, 5.74) is 0.686. The van der Waals surface area contributed by atoms with Gasteiger partial charge in [0.05, 0.1) is 6.20 Å². The minimum Gasteiger partial charge on any atom is -0.267 e. The smallest absolute Gasteiger partial charge is 0.267 e. The second kappa shape index (κ2) is 3.41. The van der Waals surface area contributed by atoms with Crippen LogP contribution in [0.4, 0.5) is 0 Å². The highest BCUT2D eigenvalue weighted by Gasteiger charge is 2.00. The van der Waals surface area contributed by atoms with E-state index in [9.17, 15) is 4.79 Å². The maximum atomic E-state index is 11.5. The van der Waals surface area contributed by atoms with Gasteiger partial charge in [0.25, 0.3) is 5.56 Å². The zero-order chi connectivity index (χ0) is 9.97. The Hall–Kier alpha value is -1.97. The van der Waals surface area contributed by atoms with Crippen LogP contribution in [0.25, 0.3) is 5.82 Å². The second-order valence-corrected chi connectivity index (χ2v) is 2.97. The molecule has 0 N–H and O–H groups in total. The van der Waals surface area contributed by atoms with Gasteiger partial charge in [-0.1, -0.05) is 6.07 Å². The van der Waals surface area contributed by atoms with Crippen molar-refractivity contribution in [3.63, 3.8) is 0 Å². The zero-order valence-electron chi connectivity index (χ0n) is 7.71. The van der Waals surface area contributed by atoms with E-state index in [4.69, 9.17) is 0 Å². The maximum absolute atomic E-state index is 11.5. The van der Waals surface area contributed by atoms with E-state index in [0.717, 1.165) is 5.56 Å². The number of hydrogen-bond acceptors (Lipinski definition) is 3. The maximum Gasteiger partial charge on any atom is 0.273 e. The first-order chi connectivity index (χ1) is 6.77. The second-order valence-electron chi connectivity index (χ2n) is 2.97. The van der Waals surface area contributed by atoms with Gasteiger partial charge >= 0.3 is 0 Å². The molecule has 0 amide bonds. The molecule has 0 unspecified atom stereocenters. The number of pyridine rings is 1. The van der Waals surface area contributed by atoms with E-state index >= 15 is 0 Å². The summed E-state index contributed by atoms with van der Waals surface area (Å²) in [7, 11) is 0. The van der Waals surface area contributed by atoms with Gasteiger partial charge in [-0.15, -0.1) is 0 Å². The van der Waals surface area contributed by atoms with Crippen LogP contribution in [-0.2, 0) is 0 Å². The van der Waals surface area contributed by atoms with Gasteiger partial charge in [-0.2, -0.15) is 9.78 Å². The van der Waals surface area contributed by atoms with Crippen molar-refractivity contribution < 1.29 is 0 Å². The van der Waals surface area contributed by atoms with Crippen LogP contribution < -0.4 is 5.56 Å². The molecule has 0 aliphatic rings. The lowest BCUT2D eigenvalue weighted by atomic mass is 10.3. The average molecular weight is 187 g/mol. The third-order valence-corrected chi connectivity index (χ3v) is 1.80. The van der Waals surface area contributed by atoms with E-state index in [1.807, 2.05) is 13.0 Å². The SMILES string of the molecule is Cc1cnn(-c2ccccn2)c(=O)c1. The van der Waals surface area contributed by atoms with Crippen LogP contribution in [0.2, 0.25) is 0 Å². The molecule has 70 valence electrons. The predicted molar refractivity (Wildman–Crippen MR) is 52.4 cm³/mol. The van der Waals surface area contributed by atoms with E-state index in [2.05, 4.69) is 10.1 Å². The highest BCUT2D eigenvalue weighted by atomic mass is 16.1. The Morgan fingerprint density at radius 3 is 2.86 bits per heavy atom. The lowest BCUT2D eigenvalue weighted by molar-refractivity contribution is 0.776. The third kappa shape index (κ3) is 1.54. The van der Waals surface area contributed by atoms with Gasteiger partial charge in [-0.05, 0) is 24.6 Å². The normalized spacial score (nSPS) is 10.1. The molecule has 0 spiro atoms. The van der Waals surface area contributed by atoms with Crippen LogP contribution in [0.15, 0.2) is 41.5 Å². The first-order valence-electron chi connectivity index (χ1n) is 4.25. The Bertz CT molecular complexity index is 490. The fourth-order valence-electron chi connectivity index (χ4n) is 1.15. The Morgan fingerprint density at radius 2 is 2.21 bits per heavy atom. The van der Waals surface area contributed by atoms with Crippen molar-refractivity contribution in [2.45, 2.75) is 6.92 Å².